The molecule has 4 aromatic rings. The number of nitrogens with two attached hydrogens (primary N) is 1. The summed E-state index contributed by atoms with van der Waals surface area (Å²) in [6.45, 7) is 2.12. The molecule has 51 heavy (non-hydrogen) atoms. The summed E-state index contributed by atoms with van der Waals surface area (Å²) in [6.07, 6.45) is 2.78. The number of fused-ring (bicyclic) bond motifs is 2. The van der Waals surface area contributed by atoms with E-state index in [0.717, 1.165) is 30.7 Å². The summed E-state index contributed by atoms with van der Waals surface area (Å²) in [6, 6.07) is 4.10. The van der Waals surface area contributed by atoms with Crippen molar-refractivity contribution >= 4 is 64.8 Å². The molecule has 0 radical (unpaired) electrons. The minimum atomic E-state index is -3.43. The topological polar surface area (TPSA) is 138 Å². The normalized spacial score (nSPS) is 25.4. The van der Waals surface area contributed by atoms with E-state index in [2.05, 4.69) is 9.88 Å². The average Bonchev–Trinajstić information content (AvgIpc) is 3.51. The van der Waals surface area contributed by atoms with E-state index in [1.165, 1.54) is 16.4 Å². The molecule has 6 heterocycles. The SMILES string of the molecule is N#Cc1c(N)sc2c(F)ccc(-c3c(Cl)c4c5c(nc(OC[C@@]67CCCN6C[C@H](F)C7)nc5c3F)N(C3CCN(S(=O)(=O)C5CC5)C3)CCO4)c12. The molecular weight excluding hydrogens is 727 g/mol. The second-order valence-corrected chi connectivity index (χ2v) is 17.7. The first-order valence-corrected chi connectivity index (χ1v) is 19.7. The standard InChI is InChI=1S/C34H33ClF3N7O4S2/c35-26-24(20-4-5-22(37)30-23(20)21(13-39)31(40)50-30)27(38)28-25-29(26)48-11-10-45(18-6-9-44(15-18)51(46,47)19-2-3-19)32(25)42-33(41-28)49-16-34-7-1-8-43(34)14-17(36)12-34/h4-5,17-19H,1-3,6-12,14-16,40H2/t17-,18?,34+/m1/s1. The van der Waals surface area contributed by atoms with Crippen molar-refractivity contribution < 1.29 is 31.1 Å². The third kappa shape index (κ3) is 5.13. The minimum Gasteiger partial charge on any atom is -0.489 e. The summed E-state index contributed by atoms with van der Waals surface area (Å²) >= 11 is 7.92. The first-order valence-electron chi connectivity index (χ1n) is 17.0. The highest BCUT2D eigenvalue weighted by atomic mass is 35.5. The third-order valence-corrected chi connectivity index (χ3v) is 14.8. The van der Waals surface area contributed by atoms with Crippen molar-refractivity contribution in [3.63, 3.8) is 0 Å². The highest BCUT2D eigenvalue weighted by Crippen LogP contribution is 2.51. The molecule has 2 aromatic heterocycles. The summed E-state index contributed by atoms with van der Waals surface area (Å²) < 4.78 is 87.4. The van der Waals surface area contributed by atoms with Gasteiger partial charge < -0.3 is 20.1 Å². The zero-order valence-corrected chi connectivity index (χ0v) is 29.7. The maximum Gasteiger partial charge on any atom is 0.319 e. The van der Waals surface area contributed by atoms with Crippen LogP contribution in [0.3, 0.4) is 0 Å². The number of nitrogens with zero attached hydrogens (tertiary/aromatic N) is 6. The van der Waals surface area contributed by atoms with Crippen molar-refractivity contribution in [3.05, 3.63) is 34.4 Å². The molecule has 9 rings (SSSR count). The number of rotatable bonds is 7. The van der Waals surface area contributed by atoms with Crippen molar-refractivity contribution in [1.82, 2.24) is 19.2 Å². The Balaban J connectivity index is 1.21. The Morgan fingerprint density at radius 1 is 1.16 bits per heavy atom. The average molecular weight is 760 g/mol. The molecule has 17 heteroatoms. The smallest absolute Gasteiger partial charge is 0.319 e. The maximum atomic E-state index is 17.3. The third-order valence-electron chi connectivity index (χ3n) is 11.1. The Hall–Kier alpha value is -3.62. The predicted octanol–water partition coefficient (Wildman–Crippen LogP) is 5.62. The predicted molar refractivity (Wildman–Crippen MR) is 188 cm³/mol. The zero-order chi connectivity index (χ0) is 35.4. The molecule has 1 saturated carbocycles. The van der Waals surface area contributed by atoms with E-state index >= 15 is 8.78 Å². The van der Waals surface area contributed by atoms with Crippen LogP contribution in [0.2, 0.25) is 5.02 Å². The van der Waals surface area contributed by atoms with Crippen LogP contribution in [-0.4, -0.2) is 96.5 Å². The van der Waals surface area contributed by atoms with Gasteiger partial charge >= 0.3 is 6.01 Å². The number of halogens is 4. The van der Waals surface area contributed by atoms with E-state index in [9.17, 15) is 18.1 Å². The number of hydrogen-bond donors (Lipinski definition) is 1. The molecule has 1 unspecified atom stereocenters. The Morgan fingerprint density at radius 3 is 2.76 bits per heavy atom. The van der Waals surface area contributed by atoms with Crippen LogP contribution in [0, 0.1) is 23.0 Å². The van der Waals surface area contributed by atoms with Crippen LogP contribution in [0.1, 0.15) is 44.1 Å². The van der Waals surface area contributed by atoms with Gasteiger partial charge in [-0.2, -0.15) is 19.5 Å². The first-order chi connectivity index (χ1) is 24.5. The fourth-order valence-corrected chi connectivity index (χ4v) is 11.7. The summed E-state index contributed by atoms with van der Waals surface area (Å²) in [5.74, 6) is -1.10. The number of sulfonamides is 1. The van der Waals surface area contributed by atoms with Gasteiger partial charge in [0.2, 0.25) is 10.0 Å². The number of benzene rings is 2. The second kappa shape index (κ2) is 12.0. The van der Waals surface area contributed by atoms with Crippen LogP contribution in [0.4, 0.5) is 24.0 Å². The van der Waals surface area contributed by atoms with E-state index in [0.29, 0.717) is 38.8 Å². The number of nitrogen functional groups attached to an aromatic ring is 1. The van der Waals surface area contributed by atoms with E-state index in [-0.39, 0.29) is 103 Å². The Morgan fingerprint density at radius 2 is 1.98 bits per heavy atom. The van der Waals surface area contributed by atoms with Gasteiger partial charge in [0, 0.05) is 43.0 Å². The van der Waals surface area contributed by atoms with Gasteiger partial charge in [0.05, 0.1) is 38.0 Å². The van der Waals surface area contributed by atoms with Gasteiger partial charge in [-0.05, 0) is 50.3 Å². The Bertz CT molecular complexity index is 2280. The fraction of sp³-hybridized carbons (Fsp3) is 0.500. The number of ether oxygens (including phenoxy) is 2. The molecule has 2 aromatic carbocycles. The molecule has 3 atom stereocenters. The Labute approximate surface area is 300 Å². The van der Waals surface area contributed by atoms with E-state index in [1.807, 2.05) is 11.0 Å². The van der Waals surface area contributed by atoms with Gasteiger partial charge in [-0.1, -0.05) is 17.7 Å². The van der Waals surface area contributed by atoms with Crippen LogP contribution in [0.5, 0.6) is 11.8 Å². The molecule has 4 aliphatic heterocycles. The number of thiophene rings is 1. The largest absolute Gasteiger partial charge is 0.489 e. The highest BCUT2D eigenvalue weighted by Gasteiger charge is 2.50. The second-order valence-electron chi connectivity index (χ2n) is 14.1. The number of aromatic nitrogens is 2. The van der Waals surface area contributed by atoms with Crippen LogP contribution >= 0.6 is 22.9 Å². The molecule has 3 saturated heterocycles. The molecule has 0 spiro atoms. The molecule has 2 N–H and O–H groups in total. The van der Waals surface area contributed by atoms with Gasteiger partial charge in [-0.3, -0.25) is 4.90 Å². The van der Waals surface area contributed by atoms with Gasteiger partial charge in [0.1, 0.15) is 47.6 Å². The Kier molecular flexibility index (Phi) is 7.79. The van der Waals surface area contributed by atoms with Crippen LogP contribution in [0.15, 0.2) is 12.1 Å². The van der Waals surface area contributed by atoms with E-state index < -0.39 is 33.4 Å². The monoisotopic (exact) mass is 759 g/mol. The summed E-state index contributed by atoms with van der Waals surface area (Å²) in [4.78, 5) is 13.4. The first kappa shape index (κ1) is 33.2. The van der Waals surface area contributed by atoms with Gasteiger partial charge in [-0.25, -0.2) is 21.6 Å². The van der Waals surface area contributed by atoms with Crippen LogP contribution < -0.4 is 20.1 Å². The van der Waals surface area contributed by atoms with Crippen molar-refractivity contribution in [3.8, 4) is 29.0 Å². The molecule has 268 valence electrons. The summed E-state index contributed by atoms with van der Waals surface area (Å²) in [5.41, 5.74) is 5.39. The summed E-state index contributed by atoms with van der Waals surface area (Å²) in [5, 5.41) is 9.87. The molecule has 4 fully saturated rings. The van der Waals surface area contributed by atoms with Crippen molar-refractivity contribution in [2.24, 2.45) is 0 Å². The number of alkyl halides is 1. The van der Waals surface area contributed by atoms with Crippen molar-refractivity contribution in [2.75, 3.05) is 56.6 Å². The van der Waals surface area contributed by atoms with E-state index in [1.54, 1.807) is 0 Å². The van der Waals surface area contributed by atoms with Gasteiger partial charge in [0.25, 0.3) is 0 Å². The van der Waals surface area contributed by atoms with Crippen molar-refractivity contribution in [1.29, 1.82) is 5.26 Å². The highest BCUT2D eigenvalue weighted by molar-refractivity contribution is 7.90. The van der Waals surface area contributed by atoms with E-state index in [4.69, 9.17) is 31.8 Å². The van der Waals surface area contributed by atoms with Crippen LogP contribution in [-0.2, 0) is 10.0 Å². The molecule has 0 bridgehead atoms. The summed E-state index contributed by atoms with van der Waals surface area (Å²) in [7, 11) is -3.43. The number of anilines is 2. The maximum absolute atomic E-state index is 17.3. The lowest BCUT2D eigenvalue weighted by atomic mass is 9.95. The number of nitriles is 1. The molecule has 5 aliphatic rings. The van der Waals surface area contributed by atoms with Gasteiger partial charge in [0.15, 0.2) is 11.6 Å². The minimum absolute atomic E-state index is 0.000430. The fourth-order valence-electron chi connectivity index (χ4n) is 8.52. The number of hydrogen-bond acceptors (Lipinski definition) is 11. The lowest BCUT2D eigenvalue weighted by Crippen LogP contribution is -2.43. The molecule has 11 nitrogen and oxygen atoms in total. The molecular formula is C34H33ClF3N7O4S2. The van der Waals surface area contributed by atoms with Gasteiger partial charge in [-0.15, -0.1) is 11.3 Å². The van der Waals surface area contributed by atoms with Crippen LogP contribution in [0.25, 0.3) is 32.1 Å². The quantitative estimate of drug-likeness (QED) is 0.253. The zero-order valence-electron chi connectivity index (χ0n) is 27.3. The lowest BCUT2D eigenvalue weighted by molar-refractivity contribution is 0.107. The molecule has 1 aliphatic carbocycles. The van der Waals surface area contributed by atoms with Crippen molar-refractivity contribution in [2.45, 2.75) is 61.5 Å². The molecule has 0 amide bonds. The lowest BCUT2D eigenvalue weighted by Gasteiger charge is -2.31.